The van der Waals surface area contributed by atoms with Gasteiger partial charge in [-0.25, -0.2) is 9.69 Å². The van der Waals surface area contributed by atoms with E-state index in [1.165, 1.54) is 13.2 Å². The number of hydrogen-bond donors (Lipinski definition) is 1. The third kappa shape index (κ3) is 4.83. The van der Waals surface area contributed by atoms with E-state index in [0.29, 0.717) is 22.7 Å². The van der Waals surface area contributed by atoms with Crippen LogP contribution in [0.3, 0.4) is 0 Å². The molecule has 9 heteroatoms. The molecular weight excluding hydrogens is 524 g/mol. The number of amides is 4. The van der Waals surface area contributed by atoms with Crippen molar-refractivity contribution in [2.75, 3.05) is 12.0 Å². The predicted molar refractivity (Wildman–Crippen MR) is 132 cm³/mol. The molecule has 1 fully saturated rings. The molecule has 3 aromatic rings. The highest BCUT2D eigenvalue weighted by molar-refractivity contribution is 9.10. The van der Waals surface area contributed by atoms with Gasteiger partial charge in [-0.2, -0.15) is 0 Å². The molecule has 3 aromatic carbocycles. The second-order valence-electron chi connectivity index (χ2n) is 7.21. The number of nitrogens with one attached hydrogen (secondary N) is 1. The van der Waals surface area contributed by atoms with Gasteiger partial charge in [0.05, 0.1) is 17.8 Å². The van der Waals surface area contributed by atoms with E-state index >= 15 is 0 Å². The van der Waals surface area contributed by atoms with Gasteiger partial charge in [-0.3, -0.25) is 14.9 Å². The smallest absolute Gasteiger partial charge is 0.335 e. The zero-order valence-electron chi connectivity index (χ0n) is 17.9. The van der Waals surface area contributed by atoms with Crippen LogP contribution in [0.5, 0.6) is 11.5 Å². The lowest BCUT2D eigenvalue weighted by Crippen LogP contribution is -2.54. The van der Waals surface area contributed by atoms with Crippen molar-refractivity contribution in [1.29, 1.82) is 0 Å². The molecule has 34 heavy (non-hydrogen) atoms. The number of nitrogens with zero attached hydrogens (tertiary/aromatic N) is 1. The molecule has 0 unspecified atom stereocenters. The summed E-state index contributed by atoms with van der Waals surface area (Å²) in [6.07, 6.45) is 1.35. The lowest BCUT2D eigenvalue weighted by molar-refractivity contribution is -0.122. The van der Waals surface area contributed by atoms with E-state index < -0.39 is 17.8 Å². The van der Waals surface area contributed by atoms with E-state index in [9.17, 15) is 14.4 Å². The van der Waals surface area contributed by atoms with E-state index in [2.05, 4.69) is 21.2 Å². The van der Waals surface area contributed by atoms with Gasteiger partial charge in [-0.1, -0.05) is 63.9 Å². The van der Waals surface area contributed by atoms with Crippen molar-refractivity contribution >= 4 is 57.1 Å². The van der Waals surface area contributed by atoms with Crippen LogP contribution in [0.15, 0.2) is 76.8 Å². The second kappa shape index (κ2) is 10.1. The summed E-state index contributed by atoms with van der Waals surface area (Å²) in [7, 11) is 1.46. The summed E-state index contributed by atoms with van der Waals surface area (Å²) in [5.74, 6) is -0.899. The van der Waals surface area contributed by atoms with Gasteiger partial charge in [0.15, 0.2) is 11.5 Å². The number of benzene rings is 3. The fourth-order valence-electron chi connectivity index (χ4n) is 3.36. The van der Waals surface area contributed by atoms with Crippen LogP contribution in [-0.4, -0.2) is 25.0 Å². The van der Waals surface area contributed by atoms with Gasteiger partial charge < -0.3 is 9.47 Å². The molecular formula is C25H18BrClN2O5. The first-order valence-corrected chi connectivity index (χ1v) is 11.3. The van der Waals surface area contributed by atoms with Crippen molar-refractivity contribution in [3.63, 3.8) is 0 Å². The van der Waals surface area contributed by atoms with Gasteiger partial charge in [-0.05, 0) is 42.0 Å². The molecule has 7 nitrogen and oxygen atoms in total. The molecule has 1 saturated heterocycles. The highest BCUT2D eigenvalue weighted by Gasteiger charge is 2.36. The monoisotopic (exact) mass is 540 g/mol. The number of hydrogen-bond acceptors (Lipinski definition) is 5. The number of methoxy groups -OCH3 is 1. The van der Waals surface area contributed by atoms with E-state index in [1.54, 1.807) is 42.5 Å². The minimum absolute atomic E-state index is 0.219. The van der Waals surface area contributed by atoms with Gasteiger partial charge in [0, 0.05) is 10.0 Å². The highest BCUT2D eigenvalue weighted by Crippen LogP contribution is 2.38. The third-order valence-electron chi connectivity index (χ3n) is 5.01. The summed E-state index contributed by atoms with van der Waals surface area (Å²) in [5.41, 5.74) is 1.47. The first kappa shape index (κ1) is 23.5. The largest absolute Gasteiger partial charge is 0.493 e. The van der Waals surface area contributed by atoms with Gasteiger partial charge >= 0.3 is 6.03 Å². The summed E-state index contributed by atoms with van der Waals surface area (Å²) in [4.78, 5) is 38.7. The summed E-state index contributed by atoms with van der Waals surface area (Å²) in [5, 5.41) is 2.43. The number of urea groups is 1. The number of imide groups is 2. The maximum Gasteiger partial charge on any atom is 0.335 e. The Balaban J connectivity index is 1.65. The third-order valence-corrected chi connectivity index (χ3v) is 6.06. The van der Waals surface area contributed by atoms with Crippen molar-refractivity contribution in [1.82, 2.24) is 5.32 Å². The SMILES string of the molecule is COc1cc(/C=C2\C(=O)NC(=O)N(c3ccccc3)C2=O)cc(Cl)c1OCc1ccccc1Br. The molecule has 0 bridgehead atoms. The molecule has 1 N–H and O–H groups in total. The fourth-order valence-corrected chi connectivity index (χ4v) is 4.04. The Morgan fingerprint density at radius 1 is 1.03 bits per heavy atom. The quantitative estimate of drug-likeness (QED) is 0.336. The molecule has 0 aromatic heterocycles. The lowest BCUT2D eigenvalue weighted by atomic mass is 10.1. The molecule has 0 radical (unpaired) electrons. The van der Waals surface area contributed by atoms with Crippen LogP contribution in [0.2, 0.25) is 5.02 Å². The molecule has 4 rings (SSSR count). The second-order valence-corrected chi connectivity index (χ2v) is 8.47. The van der Waals surface area contributed by atoms with E-state index in [4.69, 9.17) is 21.1 Å². The van der Waals surface area contributed by atoms with Crippen LogP contribution >= 0.6 is 27.5 Å². The van der Waals surface area contributed by atoms with Crippen molar-refractivity contribution in [2.45, 2.75) is 6.61 Å². The Hall–Kier alpha value is -3.62. The molecule has 0 saturated carbocycles. The fraction of sp³-hybridized carbons (Fsp3) is 0.0800. The average Bonchev–Trinajstić information content (AvgIpc) is 2.82. The van der Waals surface area contributed by atoms with Crippen LogP contribution in [0.25, 0.3) is 6.08 Å². The summed E-state index contributed by atoms with van der Waals surface area (Å²) in [6.45, 7) is 0.243. The standard InChI is InChI=1S/C25H18BrClN2O5/c1-33-21-13-15(12-20(27)22(21)34-14-16-7-5-6-10-19(16)26)11-18-23(30)28-25(32)29(24(18)31)17-8-3-2-4-9-17/h2-13H,14H2,1H3,(H,28,30,32)/b18-11+. The number of halogens is 2. The minimum Gasteiger partial charge on any atom is -0.493 e. The number of ether oxygens (including phenoxy) is 2. The molecule has 0 atom stereocenters. The Kier molecular flexibility index (Phi) is 7.00. The van der Waals surface area contributed by atoms with Gasteiger partial charge in [0.2, 0.25) is 0 Å². The molecule has 4 amide bonds. The van der Waals surface area contributed by atoms with Crippen molar-refractivity contribution in [3.05, 3.63) is 92.9 Å². The maximum absolute atomic E-state index is 13.0. The van der Waals surface area contributed by atoms with Crippen LogP contribution in [-0.2, 0) is 16.2 Å². The van der Waals surface area contributed by atoms with Crippen molar-refractivity contribution in [3.8, 4) is 11.5 Å². The lowest BCUT2D eigenvalue weighted by Gasteiger charge is -2.26. The Morgan fingerprint density at radius 2 is 1.74 bits per heavy atom. The number of rotatable bonds is 6. The average molecular weight is 542 g/mol. The molecule has 0 spiro atoms. The Morgan fingerprint density at radius 3 is 2.44 bits per heavy atom. The number of para-hydroxylation sites is 1. The van der Waals surface area contributed by atoms with Crippen molar-refractivity contribution in [2.24, 2.45) is 0 Å². The molecule has 1 heterocycles. The number of barbiturate groups is 1. The zero-order valence-corrected chi connectivity index (χ0v) is 20.2. The van der Waals surface area contributed by atoms with Crippen LogP contribution in [0, 0.1) is 0 Å². The van der Waals surface area contributed by atoms with Gasteiger partial charge in [0.1, 0.15) is 12.2 Å². The summed E-state index contributed by atoms with van der Waals surface area (Å²) >= 11 is 9.94. The summed E-state index contributed by atoms with van der Waals surface area (Å²) in [6, 6.07) is 18.3. The van der Waals surface area contributed by atoms with Crippen LogP contribution < -0.4 is 19.7 Å². The molecule has 0 aliphatic carbocycles. The maximum atomic E-state index is 13.0. The topological polar surface area (TPSA) is 84.9 Å². The van der Waals surface area contributed by atoms with Gasteiger partial charge in [0.25, 0.3) is 11.8 Å². The molecule has 1 aliphatic heterocycles. The van der Waals surface area contributed by atoms with Gasteiger partial charge in [-0.15, -0.1) is 0 Å². The molecule has 1 aliphatic rings. The van der Waals surface area contributed by atoms with Crippen LogP contribution in [0.1, 0.15) is 11.1 Å². The highest BCUT2D eigenvalue weighted by atomic mass is 79.9. The predicted octanol–water partition coefficient (Wildman–Crippen LogP) is 5.36. The Labute approximate surface area is 209 Å². The first-order valence-electron chi connectivity index (χ1n) is 10.1. The summed E-state index contributed by atoms with van der Waals surface area (Å²) < 4.78 is 12.2. The number of carbonyl (C=O) groups is 3. The molecule has 172 valence electrons. The van der Waals surface area contributed by atoms with E-state index in [-0.39, 0.29) is 17.2 Å². The van der Waals surface area contributed by atoms with Crippen LogP contribution in [0.4, 0.5) is 10.5 Å². The van der Waals surface area contributed by atoms with Crippen molar-refractivity contribution < 1.29 is 23.9 Å². The number of carbonyl (C=O) groups excluding carboxylic acids is 3. The first-order chi connectivity index (χ1) is 16.4. The number of anilines is 1. The minimum atomic E-state index is -0.815. The van der Waals surface area contributed by atoms with E-state index in [1.807, 2.05) is 24.3 Å². The normalized spacial score (nSPS) is 14.9. The zero-order chi connectivity index (χ0) is 24.2. The van der Waals surface area contributed by atoms with E-state index in [0.717, 1.165) is 14.9 Å². The Bertz CT molecular complexity index is 1310.